The molecule has 0 aliphatic carbocycles. The first-order valence-corrected chi connectivity index (χ1v) is 17.1. The van der Waals surface area contributed by atoms with Crippen molar-refractivity contribution in [1.29, 1.82) is 0 Å². The van der Waals surface area contributed by atoms with E-state index in [-0.39, 0.29) is 11.3 Å². The number of carbonyl (C=O) groups excluding carboxylic acids is 1. The van der Waals surface area contributed by atoms with E-state index in [0.29, 0.717) is 18.6 Å². The first-order chi connectivity index (χ1) is 21.8. The standard InChI is InChI=1S/C41H41O3P/c1-26-14-11-15-27(2)39(26)37-24-30(42)25-38(40-28(3)16-12-17-29(40)4)45(37)41-33(31-18-7-9-22-35(31)43-5)20-13-21-34(41)32-19-8-10-23-36(32)44-6/h7-23,37-38H,24-25H2,1-6H3. The molecule has 6 rings (SSSR count). The van der Waals surface area contributed by atoms with Crippen LogP contribution in [0.25, 0.3) is 22.3 Å². The van der Waals surface area contributed by atoms with E-state index in [4.69, 9.17) is 9.47 Å². The molecule has 1 heterocycles. The molecule has 0 aromatic heterocycles. The minimum absolute atomic E-state index is 0.0516. The lowest BCUT2D eigenvalue weighted by Crippen LogP contribution is -2.27. The zero-order chi connectivity index (χ0) is 31.7. The molecule has 0 amide bonds. The number of hydrogen-bond acceptors (Lipinski definition) is 3. The molecule has 1 aliphatic rings. The highest BCUT2D eigenvalue weighted by atomic mass is 31.1. The van der Waals surface area contributed by atoms with Crippen LogP contribution < -0.4 is 14.8 Å². The van der Waals surface area contributed by atoms with E-state index in [2.05, 4.69) is 107 Å². The molecule has 45 heavy (non-hydrogen) atoms. The Kier molecular flexibility index (Phi) is 8.92. The summed E-state index contributed by atoms with van der Waals surface area (Å²) in [7, 11) is 2.49. The third-order valence-electron chi connectivity index (χ3n) is 9.35. The average molecular weight is 613 g/mol. The average Bonchev–Trinajstić information content (AvgIpc) is 3.04. The second-order valence-electron chi connectivity index (χ2n) is 12.1. The molecule has 2 atom stereocenters. The number of methoxy groups -OCH3 is 2. The highest BCUT2D eigenvalue weighted by molar-refractivity contribution is 7.67. The van der Waals surface area contributed by atoms with Gasteiger partial charge in [0.15, 0.2) is 0 Å². The maximum absolute atomic E-state index is 13.9. The Balaban J connectivity index is 1.77. The fourth-order valence-electron chi connectivity index (χ4n) is 7.42. The van der Waals surface area contributed by atoms with Crippen molar-refractivity contribution in [1.82, 2.24) is 0 Å². The lowest BCUT2D eigenvalue weighted by atomic mass is 9.92. The number of benzene rings is 5. The minimum Gasteiger partial charge on any atom is -0.496 e. The first kappa shape index (κ1) is 30.8. The van der Waals surface area contributed by atoms with Crippen LogP contribution in [-0.2, 0) is 4.79 Å². The highest BCUT2D eigenvalue weighted by Gasteiger charge is 2.43. The third-order valence-corrected chi connectivity index (χ3v) is 12.6. The Morgan fingerprint density at radius 1 is 0.511 bits per heavy atom. The monoisotopic (exact) mass is 612 g/mol. The Morgan fingerprint density at radius 3 is 1.27 bits per heavy atom. The third kappa shape index (κ3) is 5.71. The van der Waals surface area contributed by atoms with Crippen molar-refractivity contribution in [2.75, 3.05) is 14.2 Å². The molecule has 228 valence electrons. The van der Waals surface area contributed by atoms with Crippen molar-refractivity contribution >= 4 is 19.0 Å². The number of carbonyl (C=O) groups is 1. The second-order valence-corrected chi connectivity index (χ2v) is 14.6. The lowest BCUT2D eigenvalue weighted by Gasteiger charge is -2.43. The molecule has 1 saturated heterocycles. The van der Waals surface area contributed by atoms with Crippen molar-refractivity contribution in [2.24, 2.45) is 0 Å². The number of aryl methyl sites for hydroxylation is 4. The van der Waals surface area contributed by atoms with Crippen molar-refractivity contribution in [3.63, 3.8) is 0 Å². The van der Waals surface area contributed by atoms with Gasteiger partial charge < -0.3 is 9.47 Å². The summed E-state index contributed by atoms with van der Waals surface area (Å²) in [6.07, 6.45) is 1.06. The van der Waals surface area contributed by atoms with Crippen molar-refractivity contribution in [3.05, 3.63) is 137 Å². The normalized spacial score (nSPS) is 18.1. The van der Waals surface area contributed by atoms with Crippen LogP contribution in [0.4, 0.5) is 0 Å². The fourth-order valence-corrected chi connectivity index (χ4v) is 11.6. The Labute approximate surface area is 269 Å². The smallest absolute Gasteiger partial charge is 0.134 e. The summed E-state index contributed by atoms with van der Waals surface area (Å²) in [5, 5.41) is 1.30. The van der Waals surface area contributed by atoms with Gasteiger partial charge in [-0.25, -0.2) is 0 Å². The van der Waals surface area contributed by atoms with Crippen LogP contribution in [-0.4, -0.2) is 20.0 Å². The van der Waals surface area contributed by atoms with Gasteiger partial charge in [0, 0.05) is 35.3 Å². The zero-order valence-corrected chi connectivity index (χ0v) is 28.0. The molecule has 3 nitrogen and oxygen atoms in total. The van der Waals surface area contributed by atoms with Crippen molar-refractivity contribution in [2.45, 2.75) is 51.9 Å². The van der Waals surface area contributed by atoms with Gasteiger partial charge in [0.2, 0.25) is 0 Å². The molecule has 1 fully saturated rings. The van der Waals surface area contributed by atoms with Gasteiger partial charge in [-0.2, -0.15) is 0 Å². The predicted octanol–water partition coefficient (Wildman–Crippen LogP) is 10.2. The van der Waals surface area contributed by atoms with Gasteiger partial charge in [0.05, 0.1) is 14.2 Å². The molecule has 0 spiro atoms. The number of ether oxygens (including phenoxy) is 2. The molecule has 5 aromatic carbocycles. The lowest BCUT2D eigenvalue weighted by molar-refractivity contribution is -0.119. The van der Waals surface area contributed by atoms with E-state index in [9.17, 15) is 4.79 Å². The number of hydrogen-bond donors (Lipinski definition) is 0. The quantitative estimate of drug-likeness (QED) is 0.172. The summed E-state index contributed by atoms with van der Waals surface area (Å²) in [5.74, 6) is 2.01. The first-order valence-electron chi connectivity index (χ1n) is 15.7. The van der Waals surface area contributed by atoms with E-state index >= 15 is 0 Å². The molecule has 2 unspecified atom stereocenters. The number of Topliss-reactive ketones (excluding diaryl/α,β-unsaturated/α-hetero) is 1. The van der Waals surface area contributed by atoms with Crippen LogP contribution in [0.2, 0.25) is 0 Å². The summed E-state index contributed by atoms with van der Waals surface area (Å²) in [6, 6.07) is 36.3. The van der Waals surface area contributed by atoms with Crippen molar-refractivity contribution in [3.8, 4) is 33.8 Å². The highest BCUT2D eigenvalue weighted by Crippen LogP contribution is 2.69. The van der Waals surface area contributed by atoms with E-state index in [0.717, 1.165) is 33.8 Å². The molecule has 4 heteroatoms. The minimum atomic E-state index is -0.993. The van der Waals surface area contributed by atoms with Gasteiger partial charge in [-0.15, -0.1) is 0 Å². The molecular formula is C41H41O3P. The Hall–Kier alpha value is -4.20. The zero-order valence-electron chi connectivity index (χ0n) is 27.1. The van der Waals surface area contributed by atoms with Gasteiger partial charge in [-0.1, -0.05) is 98.9 Å². The van der Waals surface area contributed by atoms with E-state index in [1.54, 1.807) is 14.2 Å². The maximum Gasteiger partial charge on any atom is 0.134 e. The van der Waals surface area contributed by atoms with Crippen LogP contribution >= 0.6 is 7.92 Å². The van der Waals surface area contributed by atoms with Gasteiger partial charge in [-0.3, -0.25) is 4.79 Å². The van der Waals surface area contributed by atoms with E-state index in [1.165, 1.54) is 38.7 Å². The Morgan fingerprint density at radius 2 is 0.867 bits per heavy atom. The summed E-state index contributed by atoms with van der Waals surface area (Å²) in [5.41, 5.74) is 12.2. The van der Waals surface area contributed by atoms with E-state index in [1.807, 2.05) is 24.3 Å². The molecule has 0 N–H and O–H groups in total. The maximum atomic E-state index is 13.9. The van der Waals surface area contributed by atoms with Gasteiger partial charge in [0.25, 0.3) is 0 Å². The summed E-state index contributed by atoms with van der Waals surface area (Å²) >= 11 is 0. The van der Waals surface area contributed by atoms with Gasteiger partial charge in [-0.05, 0) is 89.6 Å². The van der Waals surface area contributed by atoms with Crippen LogP contribution in [0.5, 0.6) is 11.5 Å². The largest absolute Gasteiger partial charge is 0.496 e. The SMILES string of the molecule is COc1ccccc1-c1cccc(-c2ccccc2OC)c1P1C(c2c(C)cccc2C)CC(=O)CC1c1c(C)cccc1C. The predicted molar refractivity (Wildman–Crippen MR) is 189 cm³/mol. The topological polar surface area (TPSA) is 35.5 Å². The van der Waals surface area contributed by atoms with E-state index < -0.39 is 7.92 Å². The number of rotatable bonds is 7. The summed E-state index contributed by atoms with van der Waals surface area (Å²) in [4.78, 5) is 13.9. The van der Waals surface area contributed by atoms with Crippen LogP contribution in [0.3, 0.4) is 0 Å². The molecular weight excluding hydrogens is 571 g/mol. The molecule has 1 aliphatic heterocycles. The molecule has 0 radical (unpaired) electrons. The molecule has 0 bridgehead atoms. The fraction of sp³-hybridized carbons (Fsp3) is 0.244. The molecule has 0 saturated carbocycles. The van der Waals surface area contributed by atoms with Gasteiger partial charge in [0.1, 0.15) is 17.3 Å². The number of para-hydroxylation sites is 2. The van der Waals surface area contributed by atoms with Crippen LogP contribution in [0.15, 0.2) is 103 Å². The summed E-state index contributed by atoms with van der Waals surface area (Å²) < 4.78 is 12.0. The Bertz CT molecular complexity index is 1700. The summed E-state index contributed by atoms with van der Waals surface area (Å²) in [6.45, 7) is 8.82. The van der Waals surface area contributed by atoms with Crippen molar-refractivity contribution < 1.29 is 14.3 Å². The molecule has 5 aromatic rings. The van der Waals surface area contributed by atoms with Gasteiger partial charge >= 0.3 is 0 Å². The van der Waals surface area contributed by atoms with Crippen LogP contribution in [0.1, 0.15) is 57.5 Å². The number of ketones is 1. The second kappa shape index (κ2) is 13.0. The van der Waals surface area contributed by atoms with Crippen LogP contribution in [0, 0.1) is 27.7 Å².